The van der Waals surface area contributed by atoms with Crippen LogP contribution >= 0.6 is 0 Å². The van der Waals surface area contributed by atoms with Crippen LogP contribution in [0.15, 0.2) is 0 Å². The SMILES string of the molecule is ON(O)n1nnnc1-c1nnnn1N(O)O. The molecule has 2 aromatic rings. The number of tetrazole rings is 2. The van der Waals surface area contributed by atoms with E-state index in [-0.39, 0.29) is 11.6 Å². The highest BCUT2D eigenvalue weighted by Crippen LogP contribution is 2.09. The van der Waals surface area contributed by atoms with E-state index >= 15 is 0 Å². The third-order valence-electron chi connectivity index (χ3n) is 1.45. The Morgan fingerprint density at radius 1 is 0.750 bits per heavy atom. The molecule has 0 unspecified atom stereocenters. The summed E-state index contributed by atoms with van der Waals surface area (Å²) in [6.07, 6.45) is 0. The minimum atomic E-state index is -0.437. The van der Waals surface area contributed by atoms with Gasteiger partial charge in [-0.05, 0) is 31.5 Å². The van der Waals surface area contributed by atoms with Crippen LogP contribution < -0.4 is 10.7 Å². The fraction of sp³-hybridized carbons (Fsp3) is 0. The van der Waals surface area contributed by atoms with Gasteiger partial charge in [0.2, 0.25) is 0 Å². The topological polar surface area (TPSA) is 175 Å². The molecule has 0 saturated carbocycles. The van der Waals surface area contributed by atoms with Crippen LogP contribution in [0.4, 0.5) is 0 Å². The fourth-order valence-electron chi connectivity index (χ4n) is 0.875. The monoisotopic (exact) mass is 232 g/mol. The maximum absolute atomic E-state index is 8.71. The van der Waals surface area contributed by atoms with Crippen molar-refractivity contribution >= 4 is 0 Å². The van der Waals surface area contributed by atoms with Crippen molar-refractivity contribution in [3.8, 4) is 11.6 Å². The summed E-state index contributed by atoms with van der Waals surface area (Å²) in [5.74, 6) is -0.689. The second-order valence-corrected chi connectivity index (χ2v) is 2.32. The van der Waals surface area contributed by atoms with Crippen molar-refractivity contribution in [3.05, 3.63) is 0 Å². The number of rotatable bonds is 3. The Kier molecular flexibility index (Phi) is 2.29. The third kappa shape index (κ3) is 1.48. The standard InChI is InChI=1S/C2H4N10O4/c13-11(14)9-1(3-5-7-9)2-4-6-8-10(2)12(15)16/h13-16H. The molecule has 16 heavy (non-hydrogen) atoms. The highest BCUT2D eigenvalue weighted by Gasteiger charge is 2.21. The summed E-state index contributed by atoms with van der Waals surface area (Å²) >= 11 is 0. The first kappa shape index (κ1) is 10.1. The first-order valence-electron chi connectivity index (χ1n) is 3.54. The highest BCUT2D eigenvalue weighted by atomic mass is 16.8. The summed E-state index contributed by atoms with van der Waals surface area (Å²) in [4.78, 5) is 0.789. The zero-order valence-corrected chi connectivity index (χ0v) is 7.26. The molecule has 0 radical (unpaired) electrons. The normalized spacial score (nSPS) is 10.5. The first-order chi connectivity index (χ1) is 7.61. The van der Waals surface area contributed by atoms with Crippen LogP contribution in [0.3, 0.4) is 0 Å². The van der Waals surface area contributed by atoms with Gasteiger partial charge in [-0.1, -0.05) is 9.58 Å². The second-order valence-electron chi connectivity index (χ2n) is 2.32. The van der Waals surface area contributed by atoms with Gasteiger partial charge in [0, 0.05) is 0 Å². The molecule has 2 aromatic heterocycles. The van der Waals surface area contributed by atoms with Crippen LogP contribution in [-0.4, -0.2) is 61.5 Å². The lowest BCUT2D eigenvalue weighted by molar-refractivity contribution is -0.0532. The number of nitrogens with zero attached hydrogens (tertiary/aromatic N) is 10. The maximum atomic E-state index is 8.71. The van der Waals surface area contributed by atoms with Gasteiger partial charge >= 0.3 is 0 Å². The van der Waals surface area contributed by atoms with E-state index in [4.69, 9.17) is 20.8 Å². The lowest BCUT2D eigenvalue weighted by Gasteiger charge is -2.09. The quantitative estimate of drug-likeness (QED) is 0.389. The lowest BCUT2D eigenvalue weighted by Crippen LogP contribution is -2.32. The molecule has 0 aliphatic carbocycles. The molecule has 0 aromatic carbocycles. The van der Waals surface area contributed by atoms with E-state index in [1.807, 2.05) is 0 Å². The number of hydrogen-bond donors (Lipinski definition) is 4. The summed E-state index contributed by atoms with van der Waals surface area (Å²) in [7, 11) is 0. The van der Waals surface area contributed by atoms with E-state index in [0.717, 1.165) is 0 Å². The minimum absolute atomic E-state index is 0.344. The van der Waals surface area contributed by atoms with Gasteiger partial charge in [0.25, 0.3) is 11.6 Å². The largest absolute Gasteiger partial charge is 0.250 e. The van der Waals surface area contributed by atoms with Gasteiger partial charge in [-0.15, -0.1) is 10.2 Å². The molecular formula is C2H4N10O4. The molecule has 0 saturated heterocycles. The molecule has 0 aliphatic rings. The van der Waals surface area contributed by atoms with Crippen molar-refractivity contribution in [2.24, 2.45) is 0 Å². The van der Waals surface area contributed by atoms with E-state index < -0.39 is 10.7 Å². The summed E-state index contributed by atoms with van der Waals surface area (Å²) in [6.45, 7) is 0. The Morgan fingerprint density at radius 3 is 1.44 bits per heavy atom. The zero-order chi connectivity index (χ0) is 11.7. The van der Waals surface area contributed by atoms with Crippen molar-refractivity contribution in [3.63, 3.8) is 0 Å². The third-order valence-corrected chi connectivity index (χ3v) is 1.45. The van der Waals surface area contributed by atoms with Gasteiger partial charge in [-0.25, -0.2) is 20.8 Å². The van der Waals surface area contributed by atoms with Gasteiger partial charge in [0.1, 0.15) is 0 Å². The van der Waals surface area contributed by atoms with E-state index in [0.29, 0.717) is 9.58 Å². The van der Waals surface area contributed by atoms with Crippen LogP contribution in [0.1, 0.15) is 0 Å². The molecule has 0 amide bonds. The molecule has 0 fully saturated rings. The van der Waals surface area contributed by atoms with Crippen LogP contribution in [-0.2, 0) is 0 Å². The van der Waals surface area contributed by atoms with Crippen molar-refractivity contribution in [1.29, 1.82) is 0 Å². The van der Waals surface area contributed by atoms with Crippen LogP contribution in [0.25, 0.3) is 11.6 Å². The molecule has 0 aliphatic heterocycles. The highest BCUT2D eigenvalue weighted by molar-refractivity contribution is 5.41. The molecule has 0 atom stereocenters. The van der Waals surface area contributed by atoms with Crippen molar-refractivity contribution in [2.45, 2.75) is 0 Å². The van der Waals surface area contributed by atoms with E-state index in [1.165, 1.54) is 0 Å². The van der Waals surface area contributed by atoms with Crippen LogP contribution in [0.5, 0.6) is 0 Å². The molecule has 0 bridgehead atoms. The zero-order valence-electron chi connectivity index (χ0n) is 7.26. The summed E-state index contributed by atoms with van der Waals surface area (Å²) < 4.78 is 0. The summed E-state index contributed by atoms with van der Waals surface area (Å²) in [6, 6.07) is 0. The first-order valence-corrected chi connectivity index (χ1v) is 3.54. The maximum Gasteiger partial charge on any atom is 0.250 e. The van der Waals surface area contributed by atoms with E-state index in [1.54, 1.807) is 0 Å². The molecule has 0 spiro atoms. The molecule has 2 rings (SSSR count). The Labute approximate surface area is 84.9 Å². The smallest absolute Gasteiger partial charge is 0.247 e. The van der Waals surface area contributed by atoms with E-state index in [9.17, 15) is 0 Å². The van der Waals surface area contributed by atoms with Crippen molar-refractivity contribution in [1.82, 2.24) is 40.6 Å². The van der Waals surface area contributed by atoms with Gasteiger partial charge in [-0.3, -0.25) is 0 Å². The Hall–Kier alpha value is -2.42. The molecule has 4 N–H and O–H groups in total. The number of aromatic nitrogens is 8. The summed E-state index contributed by atoms with van der Waals surface area (Å²) in [5.41, 5.74) is 0. The van der Waals surface area contributed by atoms with Crippen molar-refractivity contribution in [2.75, 3.05) is 10.7 Å². The van der Waals surface area contributed by atoms with Crippen LogP contribution in [0, 0.1) is 0 Å². The predicted molar refractivity (Wildman–Crippen MR) is 38.2 cm³/mol. The van der Waals surface area contributed by atoms with E-state index in [2.05, 4.69) is 31.1 Å². The molecule has 14 nitrogen and oxygen atoms in total. The van der Waals surface area contributed by atoms with Gasteiger partial charge in [0.05, 0.1) is 0 Å². The van der Waals surface area contributed by atoms with Gasteiger partial charge in [0.15, 0.2) is 0 Å². The molecule has 2 heterocycles. The Balaban J connectivity index is 2.50. The van der Waals surface area contributed by atoms with Gasteiger partial charge in [-0.2, -0.15) is 0 Å². The lowest BCUT2D eigenvalue weighted by atomic mass is 10.6. The molecular weight excluding hydrogens is 228 g/mol. The number of hydrogen-bond acceptors (Lipinski definition) is 12. The Morgan fingerprint density at radius 2 is 1.12 bits per heavy atom. The van der Waals surface area contributed by atoms with Gasteiger partial charge < -0.3 is 0 Å². The molecule has 86 valence electrons. The van der Waals surface area contributed by atoms with Crippen molar-refractivity contribution < 1.29 is 20.8 Å². The fourth-order valence-corrected chi connectivity index (χ4v) is 0.875. The summed E-state index contributed by atoms with van der Waals surface area (Å²) in [5, 5.41) is 53.2. The molecule has 14 heteroatoms. The predicted octanol–water partition coefficient (Wildman–Crippen LogP) is -3.24. The van der Waals surface area contributed by atoms with Crippen LogP contribution in [0.2, 0.25) is 0 Å². The average molecular weight is 232 g/mol. The Bertz CT molecular complexity index is 428. The second kappa shape index (κ2) is 3.62. The average Bonchev–Trinajstić information content (AvgIpc) is 2.85. The minimum Gasteiger partial charge on any atom is -0.247 e.